The molecule has 1 unspecified atom stereocenters. The first-order chi connectivity index (χ1) is 11.9. The number of ether oxygens (including phenoxy) is 1. The third-order valence-corrected chi connectivity index (χ3v) is 5.53. The molecule has 0 spiro atoms. The normalized spacial score (nSPS) is 21.0. The fourth-order valence-electron chi connectivity index (χ4n) is 3.67. The lowest BCUT2D eigenvalue weighted by Gasteiger charge is -2.22. The molecule has 1 aromatic heterocycles. The van der Waals surface area contributed by atoms with Crippen LogP contribution in [0.2, 0.25) is 0 Å². The highest BCUT2D eigenvalue weighted by Crippen LogP contribution is 2.30. The van der Waals surface area contributed by atoms with Crippen LogP contribution in [0, 0.1) is 19.3 Å². The summed E-state index contributed by atoms with van der Waals surface area (Å²) in [4.78, 5) is 2.52. The Labute approximate surface area is 150 Å². The van der Waals surface area contributed by atoms with Gasteiger partial charge in [0.1, 0.15) is 5.75 Å². The van der Waals surface area contributed by atoms with Crippen molar-refractivity contribution in [2.75, 3.05) is 26.7 Å². The Bertz CT molecular complexity index is 722. The first-order valence-corrected chi connectivity index (χ1v) is 9.02. The Balaban J connectivity index is 1.72. The summed E-state index contributed by atoms with van der Waals surface area (Å²) in [6, 6.07) is 8.20. The lowest BCUT2D eigenvalue weighted by molar-refractivity contribution is 0.273. The van der Waals surface area contributed by atoms with E-state index in [9.17, 15) is 0 Å². The summed E-state index contributed by atoms with van der Waals surface area (Å²) in [6.07, 6.45) is 1.18. The molecule has 3 rings (SSSR count). The summed E-state index contributed by atoms with van der Waals surface area (Å²) in [5.41, 5.74) is 11.2. The molecule has 1 aliphatic heterocycles. The van der Waals surface area contributed by atoms with Gasteiger partial charge >= 0.3 is 0 Å². The monoisotopic (exact) mass is 342 g/mol. The van der Waals surface area contributed by atoms with Gasteiger partial charge in [-0.2, -0.15) is 5.10 Å². The lowest BCUT2D eigenvalue weighted by atomic mass is 9.90. The molecule has 0 amide bonds. The SMILES string of the molecule is COc1ccc(Cn2nc(C)c(CN3CCC(C)(CN)C3)c2C)cc1. The summed E-state index contributed by atoms with van der Waals surface area (Å²) < 4.78 is 7.35. The smallest absolute Gasteiger partial charge is 0.118 e. The van der Waals surface area contributed by atoms with Crippen LogP contribution in [0.5, 0.6) is 5.75 Å². The van der Waals surface area contributed by atoms with Gasteiger partial charge in [0, 0.05) is 24.3 Å². The zero-order valence-electron chi connectivity index (χ0n) is 15.9. The zero-order chi connectivity index (χ0) is 18.0. The summed E-state index contributed by atoms with van der Waals surface area (Å²) in [6.45, 7) is 11.3. The third-order valence-electron chi connectivity index (χ3n) is 5.53. The van der Waals surface area contributed by atoms with Crippen LogP contribution < -0.4 is 10.5 Å². The molecule has 1 aliphatic rings. The van der Waals surface area contributed by atoms with Crippen molar-refractivity contribution in [3.63, 3.8) is 0 Å². The minimum absolute atomic E-state index is 0.265. The van der Waals surface area contributed by atoms with E-state index in [0.29, 0.717) is 0 Å². The average Bonchev–Trinajstić information content (AvgIpc) is 3.11. The lowest BCUT2D eigenvalue weighted by Crippen LogP contribution is -2.31. The standard InChI is InChI=1S/C20H30N4O/c1-15-19(12-23-10-9-20(3,13-21)14-23)16(2)24(22-15)11-17-5-7-18(25-4)8-6-17/h5-8H,9-14,21H2,1-4H3. The van der Waals surface area contributed by atoms with Gasteiger partial charge in [0.2, 0.25) is 0 Å². The van der Waals surface area contributed by atoms with Crippen LogP contribution >= 0.6 is 0 Å². The zero-order valence-corrected chi connectivity index (χ0v) is 15.9. The predicted octanol–water partition coefficient (Wildman–Crippen LogP) is 2.73. The Hall–Kier alpha value is -1.85. The molecule has 0 aliphatic carbocycles. The van der Waals surface area contributed by atoms with E-state index >= 15 is 0 Å². The van der Waals surface area contributed by atoms with Crippen LogP contribution in [0.15, 0.2) is 24.3 Å². The van der Waals surface area contributed by atoms with Crippen molar-refractivity contribution in [1.29, 1.82) is 0 Å². The molecule has 1 atom stereocenters. The van der Waals surface area contributed by atoms with Gasteiger partial charge < -0.3 is 10.5 Å². The first-order valence-electron chi connectivity index (χ1n) is 9.02. The number of aryl methyl sites for hydroxylation is 1. The molecule has 136 valence electrons. The molecule has 2 heterocycles. The Morgan fingerprint density at radius 3 is 2.52 bits per heavy atom. The molecule has 5 nitrogen and oxygen atoms in total. The van der Waals surface area contributed by atoms with E-state index in [4.69, 9.17) is 15.6 Å². The maximum absolute atomic E-state index is 5.94. The molecule has 0 bridgehead atoms. The minimum Gasteiger partial charge on any atom is -0.497 e. The molecule has 1 aromatic carbocycles. The highest BCUT2D eigenvalue weighted by molar-refractivity contribution is 5.29. The van der Waals surface area contributed by atoms with Crippen LogP contribution in [-0.2, 0) is 13.1 Å². The topological polar surface area (TPSA) is 56.3 Å². The number of rotatable bonds is 6. The number of benzene rings is 1. The largest absolute Gasteiger partial charge is 0.497 e. The van der Waals surface area contributed by atoms with E-state index in [0.717, 1.165) is 44.2 Å². The van der Waals surface area contributed by atoms with Crippen LogP contribution in [0.4, 0.5) is 0 Å². The van der Waals surface area contributed by atoms with E-state index in [1.165, 1.54) is 23.2 Å². The molecule has 1 saturated heterocycles. The van der Waals surface area contributed by atoms with Crippen LogP contribution in [-0.4, -0.2) is 41.4 Å². The summed E-state index contributed by atoms with van der Waals surface area (Å²) in [7, 11) is 1.69. The van der Waals surface area contributed by atoms with Crippen molar-refractivity contribution in [1.82, 2.24) is 14.7 Å². The summed E-state index contributed by atoms with van der Waals surface area (Å²) in [5, 5.41) is 4.78. The van der Waals surface area contributed by atoms with Gasteiger partial charge in [0.05, 0.1) is 19.3 Å². The van der Waals surface area contributed by atoms with E-state index in [1.807, 2.05) is 12.1 Å². The average molecular weight is 342 g/mol. The number of nitrogens with zero attached hydrogens (tertiary/aromatic N) is 3. The number of nitrogens with two attached hydrogens (primary N) is 1. The van der Waals surface area contributed by atoms with Gasteiger partial charge in [-0.25, -0.2) is 0 Å². The van der Waals surface area contributed by atoms with E-state index in [2.05, 4.69) is 42.5 Å². The molecule has 5 heteroatoms. The molecular formula is C20H30N4O. The fraction of sp³-hybridized carbons (Fsp3) is 0.550. The number of aromatic nitrogens is 2. The molecule has 0 saturated carbocycles. The maximum Gasteiger partial charge on any atom is 0.118 e. The second kappa shape index (κ2) is 7.18. The van der Waals surface area contributed by atoms with Gasteiger partial charge in [-0.1, -0.05) is 19.1 Å². The predicted molar refractivity (Wildman–Crippen MR) is 101 cm³/mol. The second-order valence-electron chi connectivity index (χ2n) is 7.63. The Morgan fingerprint density at radius 1 is 1.20 bits per heavy atom. The quantitative estimate of drug-likeness (QED) is 0.877. The van der Waals surface area contributed by atoms with Crippen LogP contribution in [0.3, 0.4) is 0 Å². The molecule has 0 radical (unpaired) electrons. The molecule has 2 N–H and O–H groups in total. The van der Waals surface area contributed by atoms with Gasteiger partial charge in [-0.3, -0.25) is 9.58 Å². The first kappa shape index (κ1) is 18.0. The van der Waals surface area contributed by atoms with Crippen molar-refractivity contribution in [3.05, 3.63) is 46.8 Å². The highest BCUT2D eigenvalue weighted by Gasteiger charge is 2.33. The highest BCUT2D eigenvalue weighted by atomic mass is 16.5. The summed E-state index contributed by atoms with van der Waals surface area (Å²) >= 11 is 0. The van der Waals surface area contributed by atoms with E-state index < -0.39 is 0 Å². The summed E-state index contributed by atoms with van der Waals surface area (Å²) in [5.74, 6) is 0.884. The fourth-order valence-corrected chi connectivity index (χ4v) is 3.67. The second-order valence-corrected chi connectivity index (χ2v) is 7.63. The van der Waals surface area contributed by atoms with Gasteiger partial charge in [-0.05, 0) is 56.5 Å². The Kier molecular flexibility index (Phi) is 5.16. The van der Waals surface area contributed by atoms with Gasteiger partial charge in [0.15, 0.2) is 0 Å². The third kappa shape index (κ3) is 3.88. The van der Waals surface area contributed by atoms with Crippen molar-refractivity contribution < 1.29 is 4.74 Å². The van der Waals surface area contributed by atoms with Gasteiger partial charge in [0.25, 0.3) is 0 Å². The number of hydrogen-bond acceptors (Lipinski definition) is 4. The molecule has 2 aromatic rings. The molecule has 1 fully saturated rings. The number of likely N-dealkylation sites (tertiary alicyclic amines) is 1. The molecule has 25 heavy (non-hydrogen) atoms. The van der Waals surface area contributed by atoms with Crippen molar-refractivity contribution in [3.8, 4) is 5.75 Å². The molecular weight excluding hydrogens is 312 g/mol. The minimum atomic E-state index is 0.265. The van der Waals surface area contributed by atoms with Crippen LogP contribution in [0.25, 0.3) is 0 Å². The van der Waals surface area contributed by atoms with E-state index in [-0.39, 0.29) is 5.41 Å². The maximum atomic E-state index is 5.94. The van der Waals surface area contributed by atoms with Crippen molar-refractivity contribution >= 4 is 0 Å². The van der Waals surface area contributed by atoms with E-state index in [1.54, 1.807) is 7.11 Å². The Morgan fingerprint density at radius 2 is 1.92 bits per heavy atom. The number of hydrogen-bond donors (Lipinski definition) is 1. The number of methoxy groups -OCH3 is 1. The van der Waals surface area contributed by atoms with Crippen molar-refractivity contribution in [2.45, 2.75) is 40.3 Å². The van der Waals surface area contributed by atoms with Crippen LogP contribution in [0.1, 0.15) is 35.9 Å². The van der Waals surface area contributed by atoms with Gasteiger partial charge in [-0.15, -0.1) is 0 Å². The van der Waals surface area contributed by atoms with Crippen molar-refractivity contribution in [2.24, 2.45) is 11.1 Å².